The van der Waals surface area contributed by atoms with Gasteiger partial charge in [-0.3, -0.25) is 14.3 Å². The van der Waals surface area contributed by atoms with E-state index in [0.29, 0.717) is 11.4 Å². The Morgan fingerprint density at radius 3 is 2.64 bits per heavy atom. The first-order valence-corrected chi connectivity index (χ1v) is 9.71. The van der Waals surface area contributed by atoms with Crippen molar-refractivity contribution in [3.63, 3.8) is 0 Å². The van der Waals surface area contributed by atoms with Crippen molar-refractivity contribution in [2.75, 3.05) is 19.0 Å². The maximum Gasteiger partial charge on any atom is 0.313 e. The maximum absolute atomic E-state index is 12.4. The van der Waals surface area contributed by atoms with Gasteiger partial charge in [0.25, 0.3) is 0 Å². The van der Waals surface area contributed by atoms with Crippen molar-refractivity contribution in [1.82, 2.24) is 15.1 Å². The fraction of sp³-hybridized carbons (Fsp3) is 0.250. The number of rotatable bonds is 6. The van der Waals surface area contributed by atoms with Crippen molar-refractivity contribution in [2.45, 2.75) is 19.9 Å². The van der Waals surface area contributed by atoms with E-state index >= 15 is 0 Å². The topological polar surface area (TPSA) is 85.2 Å². The number of aromatic nitrogens is 2. The van der Waals surface area contributed by atoms with E-state index in [1.54, 1.807) is 35.6 Å². The number of para-hydroxylation sites is 2. The quantitative estimate of drug-likeness (QED) is 0.625. The first kappa shape index (κ1) is 19.6. The van der Waals surface area contributed by atoms with Crippen LogP contribution in [0.2, 0.25) is 0 Å². The van der Waals surface area contributed by atoms with Crippen LogP contribution in [0.1, 0.15) is 23.0 Å². The van der Waals surface area contributed by atoms with Crippen LogP contribution in [0, 0.1) is 13.8 Å². The molecule has 1 atom stereocenters. The Bertz CT molecular complexity index is 966. The highest BCUT2D eigenvalue weighted by Crippen LogP contribution is 2.23. The van der Waals surface area contributed by atoms with Crippen LogP contribution in [-0.2, 0) is 9.59 Å². The van der Waals surface area contributed by atoms with Crippen LogP contribution in [0.15, 0.2) is 47.2 Å². The van der Waals surface area contributed by atoms with E-state index in [0.717, 1.165) is 17.0 Å². The molecule has 0 unspecified atom stereocenters. The molecule has 0 saturated carbocycles. The van der Waals surface area contributed by atoms with E-state index in [2.05, 4.69) is 15.7 Å². The molecular weight excluding hydrogens is 376 g/mol. The van der Waals surface area contributed by atoms with Gasteiger partial charge in [0, 0.05) is 12.2 Å². The number of nitrogens with zero attached hydrogens (tertiary/aromatic N) is 2. The summed E-state index contributed by atoms with van der Waals surface area (Å²) < 4.78 is 7.06. The van der Waals surface area contributed by atoms with E-state index < -0.39 is 11.8 Å². The van der Waals surface area contributed by atoms with Crippen molar-refractivity contribution in [2.24, 2.45) is 0 Å². The van der Waals surface area contributed by atoms with E-state index in [-0.39, 0.29) is 12.6 Å². The van der Waals surface area contributed by atoms with Crippen molar-refractivity contribution in [1.29, 1.82) is 0 Å². The molecule has 2 N–H and O–H groups in total. The molecule has 3 rings (SSSR count). The highest BCUT2D eigenvalue weighted by atomic mass is 32.1. The van der Waals surface area contributed by atoms with Gasteiger partial charge in [0.2, 0.25) is 0 Å². The van der Waals surface area contributed by atoms with Crippen LogP contribution in [0.25, 0.3) is 0 Å². The normalized spacial score (nSPS) is 11.7. The lowest BCUT2D eigenvalue weighted by molar-refractivity contribution is -0.136. The standard InChI is InChI=1S/C20H22N4O3S/c1-13-10-14(2)24(23-13)17(15-8-9-28-12-15)11-21-19(25)20(26)22-16-6-4-5-7-18(16)27-3/h4-10,12,17H,11H2,1-3H3,(H,21,25)(H,22,26)/t17-/m1/s1. The zero-order valence-electron chi connectivity index (χ0n) is 15.9. The molecule has 7 nitrogen and oxygen atoms in total. The Kier molecular flexibility index (Phi) is 6.10. The zero-order chi connectivity index (χ0) is 20.1. The molecule has 0 aliphatic carbocycles. The number of hydrogen-bond acceptors (Lipinski definition) is 5. The van der Waals surface area contributed by atoms with E-state index in [9.17, 15) is 9.59 Å². The van der Waals surface area contributed by atoms with Gasteiger partial charge < -0.3 is 15.4 Å². The summed E-state index contributed by atoms with van der Waals surface area (Å²) in [7, 11) is 1.50. The number of amides is 2. The first-order chi connectivity index (χ1) is 13.5. The summed E-state index contributed by atoms with van der Waals surface area (Å²) in [6.07, 6.45) is 0. The number of ether oxygens (including phenoxy) is 1. The summed E-state index contributed by atoms with van der Waals surface area (Å²) in [6, 6.07) is 10.7. The third kappa shape index (κ3) is 4.40. The lowest BCUT2D eigenvalue weighted by atomic mass is 10.1. The summed E-state index contributed by atoms with van der Waals surface area (Å²) in [5.74, 6) is -0.975. The Morgan fingerprint density at radius 1 is 1.21 bits per heavy atom. The molecule has 0 fully saturated rings. The highest BCUT2D eigenvalue weighted by Gasteiger charge is 2.21. The van der Waals surface area contributed by atoms with E-state index in [1.807, 2.05) is 41.4 Å². The third-order valence-electron chi connectivity index (χ3n) is 4.29. The van der Waals surface area contributed by atoms with Gasteiger partial charge >= 0.3 is 11.8 Å². The molecule has 0 spiro atoms. The molecule has 0 aliphatic heterocycles. The molecule has 2 amide bonds. The highest BCUT2D eigenvalue weighted by molar-refractivity contribution is 7.08. The van der Waals surface area contributed by atoms with Crippen molar-refractivity contribution in [3.05, 3.63) is 64.1 Å². The third-order valence-corrected chi connectivity index (χ3v) is 4.99. The first-order valence-electron chi connectivity index (χ1n) is 8.76. The van der Waals surface area contributed by atoms with Gasteiger partial charge in [0.05, 0.1) is 24.5 Å². The zero-order valence-corrected chi connectivity index (χ0v) is 16.7. The summed E-state index contributed by atoms with van der Waals surface area (Å²) in [6.45, 7) is 4.14. The molecule has 0 radical (unpaired) electrons. The maximum atomic E-state index is 12.4. The molecule has 3 aromatic rings. The lowest BCUT2D eigenvalue weighted by Gasteiger charge is -2.19. The number of nitrogens with one attached hydrogen (secondary N) is 2. The number of hydrogen-bond donors (Lipinski definition) is 2. The predicted octanol–water partition coefficient (Wildman–Crippen LogP) is 2.91. The molecule has 28 heavy (non-hydrogen) atoms. The fourth-order valence-electron chi connectivity index (χ4n) is 2.97. The molecular formula is C20H22N4O3S. The molecule has 146 valence electrons. The largest absolute Gasteiger partial charge is 0.495 e. The summed E-state index contributed by atoms with van der Waals surface area (Å²) >= 11 is 1.57. The average Bonchev–Trinajstić information content (AvgIpc) is 3.32. The second kappa shape index (κ2) is 8.71. The van der Waals surface area contributed by atoms with Crippen LogP contribution >= 0.6 is 11.3 Å². The Balaban J connectivity index is 1.70. The lowest BCUT2D eigenvalue weighted by Crippen LogP contribution is -2.39. The van der Waals surface area contributed by atoms with Gasteiger partial charge in [-0.25, -0.2) is 0 Å². The SMILES string of the molecule is COc1ccccc1NC(=O)C(=O)NC[C@H](c1ccsc1)n1nc(C)cc1C. The minimum atomic E-state index is -0.748. The van der Waals surface area contributed by atoms with Gasteiger partial charge in [-0.15, -0.1) is 0 Å². The monoisotopic (exact) mass is 398 g/mol. The molecule has 0 bridgehead atoms. The number of carbonyl (C=O) groups excluding carboxylic acids is 2. The number of carbonyl (C=O) groups is 2. The molecule has 8 heteroatoms. The number of anilines is 1. The Labute approximate surface area is 167 Å². The molecule has 0 aliphatic rings. The minimum Gasteiger partial charge on any atom is -0.495 e. The molecule has 0 saturated heterocycles. The smallest absolute Gasteiger partial charge is 0.313 e. The predicted molar refractivity (Wildman–Crippen MR) is 109 cm³/mol. The summed E-state index contributed by atoms with van der Waals surface area (Å²) in [5.41, 5.74) is 3.36. The average molecular weight is 398 g/mol. The fourth-order valence-corrected chi connectivity index (χ4v) is 3.68. The minimum absolute atomic E-state index is 0.192. The molecule has 2 aromatic heterocycles. The van der Waals surface area contributed by atoms with Crippen LogP contribution in [0.4, 0.5) is 5.69 Å². The number of benzene rings is 1. The van der Waals surface area contributed by atoms with Crippen LogP contribution in [0.3, 0.4) is 0 Å². The van der Waals surface area contributed by atoms with Gasteiger partial charge in [-0.1, -0.05) is 12.1 Å². The van der Waals surface area contributed by atoms with E-state index in [4.69, 9.17) is 4.74 Å². The van der Waals surface area contributed by atoms with Crippen LogP contribution in [-0.4, -0.2) is 35.2 Å². The number of aryl methyl sites for hydroxylation is 2. The second-order valence-electron chi connectivity index (χ2n) is 6.31. The Morgan fingerprint density at radius 2 is 2.00 bits per heavy atom. The van der Waals surface area contributed by atoms with Gasteiger partial charge in [0.15, 0.2) is 0 Å². The number of methoxy groups -OCH3 is 1. The van der Waals surface area contributed by atoms with E-state index in [1.165, 1.54) is 7.11 Å². The van der Waals surface area contributed by atoms with Gasteiger partial charge in [-0.2, -0.15) is 16.4 Å². The van der Waals surface area contributed by atoms with Crippen LogP contribution < -0.4 is 15.4 Å². The summed E-state index contributed by atoms with van der Waals surface area (Å²) in [4.78, 5) is 24.6. The van der Waals surface area contributed by atoms with Crippen molar-refractivity contribution < 1.29 is 14.3 Å². The Hall–Kier alpha value is -3.13. The number of thiophene rings is 1. The van der Waals surface area contributed by atoms with Gasteiger partial charge in [0.1, 0.15) is 5.75 Å². The molecule has 2 heterocycles. The van der Waals surface area contributed by atoms with Crippen molar-refractivity contribution >= 4 is 28.8 Å². The van der Waals surface area contributed by atoms with Crippen LogP contribution in [0.5, 0.6) is 5.75 Å². The van der Waals surface area contributed by atoms with Crippen molar-refractivity contribution in [3.8, 4) is 5.75 Å². The molecule has 1 aromatic carbocycles. The summed E-state index contributed by atoms with van der Waals surface area (Å²) in [5, 5.41) is 13.8. The second-order valence-corrected chi connectivity index (χ2v) is 7.09. The van der Waals surface area contributed by atoms with Gasteiger partial charge in [-0.05, 0) is 54.4 Å².